The van der Waals surface area contributed by atoms with Crippen molar-refractivity contribution in [3.63, 3.8) is 0 Å². The van der Waals surface area contributed by atoms with Crippen LogP contribution in [0.4, 0.5) is 27.5 Å². The van der Waals surface area contributed by atoms with Crippen molar-refractivity contribution in [2.75, 3.05) is 41.3 Å². The zero-order chi connectivity index (χ0) is 19.5. The second-order valence-corrected chi connectivity index (χ2v) is 7.11. The molecule has 4 rings (SSSR count). The van der Waals surface area contributed by atoms with Crippen molar-refractivity contribution in [2.24, 2.45) is 0 Å². The van der Waals surface area contributed by atoms with E-state index in [1.807, 2.05) is 37.3 Å². The lowest BCUT2D eigenvalue weighted by atomic mass is 10.2. The Morgan fingerprint density at radius 2 is 1.61 bits per heavy atom. The summed E-state index contributed by atoms with van der Waals surface area (Å²) in [4.78, 5) is 13.6. The van der Waals surface area contributed by atoms with Crippen molar-refractivity contribution in [3.8, 4) is 0 Å². The fourth-order valence-corrected chi connectivity index (χ4v) is 3.48. The lowest BCUT2D eigenvalue weighted by molar-refractivity contribution is 0.594. The first-order valence-corrected chi connectivity index (χ1v) is 9.52. The van der Waals surface area contributed by atoms with Crippen LogP contribution in [0.5, 0.6) is 0 Å². The molecule has 1 saturated heterocycles. The van der Waals surface area contributed by atoms with E-state index < -0.39 is 0 Å². The van der Waals surface area contributed by atoms with Crippen molar-refractivity contribution in [2.45, 2.75) is 13.8 Å². The van der Waals surface area contributed by atoms with Gasteiger partial charge in [-0.3, -0.25) is 0 Å². The number of anilines is 4. The van der Waals surface area contributed by atoms with Crippen LogP contribution < -0.4 is 15.1 Å². The van der Waals surface area contributed by atoms with E-state index in [1.54, 1.807) is 6.07 Å². The topological polar surface area (TPSA) is 44.3 Å². The van der Waals surface area contributed by atoms with Crippen molar-refractivity contribution < 1.29 is 4.39 Å². The zero-order valence-corrected chi connectivity index (χ0v) is 16.2. The monoisotopic (exact) mass is 377 g/mol. The number of rotatable bonds is 4. The van der Waals surface area contributed by atoms with Crippen molar-refractivity contribution >= 4 is 23.1 Å². The van der Waals surface area contributed by atoms with Crippen molar-refractivity contribution in [1.82, 2.24) is 9.97 Å². The molecule has 1 aromatic heterocycles. The highest BCUT2D eigenvalue weighted by atomic mass is 19.1. The molecule has 1 aliphatic rings. The third kappa shape index (κ3) is 4.06. The number of nitrogens with zero attached hydrogens (tertiary/aromatic N) is 4. The summed E-state index contributed by atoms with van der Waals surface area (Å²) in [5.74, 6) is 1.32. The van der Waals surface area contributed by atoms with Gasteiger partial charge in [-0.15, -0.1) is 0 Å². The van der Waals surface area contributed by atoms with E-state index in [1.165, 1.54) is 11.6 Å². The van der Waals surface area contributed by atoms with Gasteiger partial charge in [0.15, 0.2) is 0 Å². The molecule has 5 nitrogen and oxygen atoms in total. The molecule has 2 aromatic carbocycles. The SMILES string of the molecule is Cc1cccc(Nc2cc(C)nc(N3CCN(c4ccccc4F)CC3)n2)c1. The summed E-state index contributed by atoms with van der Waals surface area (Å²) in [6.45, 7) is 7.01. The van der Waals surface area contributed by atoms with E-state index in [4.69, 9.17) is 4.98 Å². The molecule has 28 heavy (non-hydrogen) atoms. The summed E-state index contributed by atoms with van der Waals surface area (Å²) in [6.07, 6.45) is 0. The molecule has 3 aromatic rings. The van der Waals surface area contributed by atoms with E-state index >= 15 is 0 Å². The van der Waals surface area contributed by atoms with Crippen LogP contribution in [0.3, 0.4) is 0 Å². The lowest BCUT2D eigenvalue weighted by Gasteiger charge is -2.36. The van der Waals surface area contributed by atoms with Gasteiger partial charge in [0.05, 0.1) is 5.69 Å². The minimum absolute atomic E-state index is 0.174. The van der Waals surface area contributed by atoms with Gasteiger partial charge in [-0.05, 0) is 43.7 Å². The standard InChI is InChI=1S/C22H24FN5/c1-16-6-5-7-18(14-16)25-21-15-17(2)24-22(26-21)28-12-10-27(11-13-28)20-9-4-3-8-19(20)23/h3-9,14-15H,10-13H2,1-2H3,(H,24,25,26). The van der Waals surface area contributed by atoms with E-state index in [2.05, 4.69) is 39.2 Å². The Morgan fingerprint density at radius 1 is 0.857 bits per heavy atom. The molecule has 0 aliphatic carbocycles. The van der Waals surface area contributed by atoms with Gasteiger partial charge in [-0.2, -0.15) is 4.98 Å². The molecule has 6 heteroatoms. The highest BCUT2D eigenvalue weighted by Crippen LogP contribution is 2.23. The van der Waals surface area contributed by atoms with Crippen LogP contribution in [-0.4, -0.2) is 36.1 Å². The van der Waals surface area contributed by atoms with Crippen LogP contribution in [0.25, 0.3) is 0 Å². The van der Waals surface area contributed by atoms with Gasteiger partial charge in [-0.1, -0.05) is 24.3 Å². The minimum Gasteiger partial charge on any atom is -0.366 e. The second-order valence-electron chi connectivity index (χ2n) is 7.11. The number of para-hydroxylation sites is 1. The molecule has 1 fully saturated rings. The molecule has 0 atom stereocenters. The fourth-order valence-electron chi connectivity index (χ4n) is 3.48. The number of aromatic nitrogens is 2. The Kier molecular flexibility index (Phi) is 5.10. The third-order valence-electron chi connectivity index (χ3n) is 4.89. The average molecular weight is 377 g/mol. The highest BCUT2D eigenvalue weighted by Gasteiger charge is 2.21. The largest absolute Gasteiger partial charge is 0.366 e. The average Bonchev–Trinajstić information content (AvgIpc) is 2.68. The van der Waals surface area contributed by atoms with Crippen molar-refractivity contribution in [1.29, 1.82) is 0 Å². The van der Waals surface area contributed by atoms with Gasteiger partial charge in [-0.25, -0.2) is 9.37 Å². The number of halogens is 1. The Balaban J connectivity index is 1.48. The first kappa shape index (κ1) is 18.2. The predicted molar refractivity (Wildman–Crippen MR) is 112 cm³/mol. The Hall–Kier alpha value is -3.15. The highest BCUT2D eigenvalue weighted by molar-refractivity contribution is 5.59. The first-order valence-electron chi connectivity index (χ1n) is 9.52. The smallest absolute Gasteiger partial charge is 0.227 e. The van der Waals surface area contributed by atoms with E-state index in [-0.39, 0.29) is 5.82 Å². The zero-order valence-electron chi connectivity index (χ0n) is 16.2. The van der Waals surface area contributed by atoms with Crippen LogP contribution >= 0.6 is 0 Å². The van der Waals surface area contributed by atoms with Crippen molar-refractivity contribution in [3.05, 3.63) is 71.7 Å². The molecule has 0 unspecified atom stereocenters. The van der Waals surface area contributed by atoms with Gasteiger partial charge in [0, 0.05) is 43.6 Å². The normalized spacial score (nSPS) is 14.2. The van der Waals surface area contributed by atoms with E-state index in [0.717, 1.165) is 43.4 Å². The molecule has 0 amide bonds. The number of benzene rings is 2. The lowest BCUT2D eigenvalue weighted by Crippen LogP contribution is -2.47. The summed E-state index contributed by atoms with van der Waals surface area (Å²) in [5, 5.41) is 3.37. The first-order chi connectivity index (χ1) is 13.6. The number of hydrogen-bond acceptors (Lipinski definition) is 5. The molecular weight excluding hydrogens is 353 g/mol. The Labute approximate surface area is 164 Å². The van der Waals surface area contributed by atoms with Crippen LogP contribution in [0.1, 0.15) is 11.3 Å². The maximum atomic E-state index is 14.0. The maximum absolute atomic E-state index is 14.0. The molecule has 1 aliphatic heterocycles. The Morgan fingerprint density at radius 3 is 2.36 bits per heavy atom. The number of aryl methyl sites for hydroxylation is 2. The Bertz CT molecular complexity index is 967. The minimum atomic E-state index is -0.174. The second kappa shape index (κ2) is 7.84. The van der Waals surface area contributed by atoms with Crippen LogP contribution in [0, 0.1) is 19.7 Å². The summed E-state index contributed by atoms with van der Waals surface area (Å²) in [7, 11) is 0. The quantitative estimate of drug-likeness (QED) is 0.734. The van der Waals surface area contributed by atoms with Gasteiger partial charge in [0.1, 0.15) is 11.6 Å². The summed E-state index contributed by atoms with van der Waals surface area (Å²) in [6, 6.07) is 17.1. The van der Waals surface area contributed by atoms with Crippen LogP contribution in [0.2, 0.25) is 0 Å². The van der Waals surface area contributed by atoms with Crippen LogP contribution in [0.15, 0.2) is 54.6 Å². The molecule has 0 bridgehead atoms. The van der Waals surface area contributed by atoms with Gasteiger partial charge < -0.3 is 15.1 Å². The number of hydrogen-bond donors (Lipinski definition) is 1. The molecule has 144 valence electrons. The summed E-state index contributed by atoms with van der Waals surface area (Å²) < 4.78 is 14.0. The van der Waals surface area contributed by atoms with Gasteiger partial charge in [0.2, 0.25) is 5.95 Å². The van der Waals surface area contributed by atoms with E-state index in [0.29, 0.717) is 11.6 Å². The molecule has 0 spiro atoms. The number of piperazine rings is 1. The molecular formula is C22H24FN5. The maximum Gasteiger partial charge on any atom is 0.227 e. The summed E-state index contributed by atoms with van der Waals surface area (Å²) >= 11 is 0. The predicted octanol–water partition coefficient (Wildman–Crippen LogP) is 4.30. The number of nitrogens with one attached hydrogen (secondary N) is 1. The molecule has 0 saturated carbocycles. The molecule has 1 N–H and O–H groups in total. The third-order valence-corrected chi connectivity index (χ3v) is 4.89. The fraction of sp³-hybridized carbons (Fsp3) is 0.273. The molecule has 0 radical (unpaired) electrons. The van der Waals surface area contributed by atoms with Crippen LogP contribution in [-0.2, 0) is 0 Å². The summed E-state index contributed by atoms with van der Waals surface area (Å²) in [5.41, 5.74) is 3.78. The van der Waals surface area contributed by atoms with Gasteiger partial charge >= 0.3 is 0 Å². The van der Waals surface area contributed by atoms with Gasteiger partial charge in [0.25, 0.3) is 0 Å². The van der Waals surface area contributed by atoms with E-state index in [9.17, 15) is 4.39 Å². The molecule has 2 heterocycles.